The van der Waals surface area contributed by atoms with Gasteiger partial charge in [0.25, 0.3) is 0 Å². The molecule has 3 aromatic carbocycles. The summed E-state index contributed by atoms with van der Waals surface area (Å²) >= 11 is 0. The first-order valence-electron chi connectivity index (χ1n) is 8.54. The highest BCUT2D eigenvalue weighted by atomic mass is 16.5. The van der Waals surface area contributed by atoms with Crippen LogP contribution in [0.3, 0.4) is 0 Å². The largest absolute Gasteiger partial charge is 0.496 e. The zero-order valence-electron chi connectivity index (χ0n) is 14.2. The van der Waals surface area contributed by atoms with Crippen LogP contribution in [-0.4, -0.2) is 7.11 Å². The van der Waals surface area contributed by atoms with Crippen molar-refractivity contribution in [2.24, 2.45) is 0 Å². The van der Waals surface area contributed by atoms with Crippen LogP contribution in [0.4, 0.5) is 0 Å². The van der Waals surface area contributed by atoms with Gasteiger partial charge in [-0.15, -0.1) is 0 Å². The molecule has 0 heterocycles. The van der Waals surface area contributed by atoms with Crippen LogP contribution in [0.25, 0.3) is 11.1 Å². The zero-order chi connectivity index (χ0) is 17.1. The van der Waals surface area contributed by atoms with E-state index < -0.39 is 0 Å². The Morgan fingerprint density at radius 1 is 0.600 bits per heavy atom. The van der Waals surface area contributed by atoms with Gasteiger partial charge in [0.2, 0.25) is 0 Å². The number of methoxy groups -OCH3 is 1. The maximum atomic E-state index is 5.58. The molecule has 0 N–H and O–H groups in total. The second-order valence-corrected chi connectivity index (χ2v) is 6.16. The van der Waals surface area contributed by atoms with E-state index in [9.17, 15) is 0 Å². The summed E-state index contributed by atoms with van der Waals surface area (Å²) in [5, 5.41) is 0. The number of hydrogen-bond donors (Lipinski definition) is 0. The van der Waals surface area contributed by atoms with Crippen LogP contribution in [-0.2, 0) is 0 Å². The van der Waals surface area contributed by atoms with Gasteiger partial charge >= 0.3 is 0 Å². The average molecular weight is 324 g/mol. The minimum absolute atomic E-state index is 0.210. The molecule has 0 atom stereocenters. The molecule has 0 fully saturated rings. The van der Waals surface area contributed by atoms with Crippen molar-refractivity contribution in [2.45, 2.75) is 5.92 Å². The van der Waals surface area contributed by atoms with Crippen molar-refractivity contribution in [3.05, 3.63) is 114 Å². The molecule has 0 radical (unpaired) electrons. The fourth-order valence-electron chi connectivity index (χ4n) is 3.45. The maximum absolute atomic E-state index is 5.58. The second-order valence-electron chi connectivity index (χ2n) is 6.16. The molecule has 4 rings (SSSR count). The lowest BCUT2D eigenvalue weighted by Crippen LogP contribution is -1.94. The molecule has 0 saturated carbocycles. The van der Waals surface area contributed by atoms with E-state index in [2.05, 4.69) is 84.9 Å². The number of allylic oxidation sites excluding steroid dienone is 4. The van der Waals surface area contributed by atoms with Gasteiger partial charge in [-0.05, 0) is 28.3 Å². The molecule has 0 aromatic heterocycles. The smallest absolute Gasteiger partial charge is 0.122 e. The Kier molecular flexibility index (Phi) is 4.22. The highest BCUT2D eigenvalue weighted by Gasteiger charge is 2.23. The number of ether oxygens (including phenoxy) is 1. The summed E-state index contributed by atoms with van der Waals surface area (Å²) in [6, 6.07) is 29.4. The first-order valence-corrected chi connectivity index (χ1v) is 8.54. The number of benzene rings is 3. The minimum atomic E-state index is 0.210. The Morgan fingerprint density at radius 2 is 1.08 bits per heavy atom. The van der Waals surface area contributed by atoms with Crippen molar-refractivity contribution in [2.75, 3.05) is 7.11 Å². The summed E-state index contributed by atoms with van der Waals surface area (Å²) in [5.74, 6) is 1.14. The van der Waals surface area contributed by atoms with Gasteiger partial charge in [0.1, 0.15) is 5.75 Å². The van der Waals surface area contributed by atoms with Crippen molar-refractivity contribution in [3.63, 3.8) is 0 Å². The number of hydrogen-bond acceptors (Lipinski definition) is 1. The van der Waals surface area contributed by atoms with Crippen molar-refractivity contribution in [1.29, 1.82) is 0 Å². The van der Waals surface area contributed by atoms with Gasteiger partial charge in [0.05, 0.1) is 7.11 Å². The molecule has 122 valence electrons. The van der Waals surface area contributed by atoms with Crippen LogP contribution in [0.2, 0.25) is 0 Å². The van der Waals surface area contributed by atoms with E-state index in [-0.39, 0.29) is 5.92 Å². The third kappa shape index (κ3) is 3.01. The van der Waals surface area contributed by atoms with Gasteiger partial charge < -0.3 is 4.74 Å². The molecule has 0 amide bonds. The van der Waals surface area contributed by atoms with Crippen LogP contribution < -0.4 is 4.74 Å². The van der Waals surface area contributed by atoms with E-state index in [0.717, 1.165) is 5.75 Å². The molecular weight excluding hydrogens is 304 g/mol. The summed E-state index contributed by atoms with van der Waals surface area (Å²) < 4.78 is 5.58. The molecule has 0 spiro atoms. The lowest BCUT2D eigenvalue weighted by atomic mass is 9.95. The van der Waals surface area contributed by atoms with E-state index in [1.165, 1.54) is 27.8 Å². The fraction of sp³-hybridized carbons (Fsp3) is 0.0833. The Balaban J connectivity index is 1.84. The zero-order valence-corrected chi connectivity index (χ0v) is 14.2. The normalized spacial score (nSPS) is 14.1. The highest BCUT2D eigenvalue weighted by Crippen LogP contribution is 2.43. The third-order valence-corrected chi connectivity index (χ3v) is 4.65. The first-order chi connectivity index (χ1) is 12.4. The van der Waals surface area contributed by atoms with Crippen LogP contribution in [0.15, 0.2) is 97.1 Å². The molecule has 1 heteroatoms. The molecule has 3 aromatic rings. The molecule has 1 aliphatic rings. The second kappa shape index (κ2) is 6.82. The van der Waals surface area contributed by atoms with Gasteiger partial charge in [-0.25, -0.2) is 0 Å². The monoisotopic (exact) mass is 324 g/mol. The Labute approximate surface area is 148 Å². The molecule has 0 bridgehead atoms. The van der Waals surface area contributed by atoms with Crippen LogP contribution in [0.5, 0.6) is 5.75 Å². The van der Waals surface area contributed by atoms with Gasteiger partial charge in [-0.1, -0.05) is 91.0 Å². The van der Waals surface area contributed by atoms with Gasteiger partial charge in [-0.2, -0.15) is 0 Å². The molecule has 0 saturated heterocycles. The lowest BCUT2D eigenvalue weighted by molar-refractivity contribution is 0.409. The van der Waals surface area contributed by atoms with E-state index in [1.807, 2.05) is 12.1 Å². The Bertz CT molecular complexity index is 865. The summed E-state index contributed by atoms with van der Waals surface area (Å²) in [4.78, 5) is 0. The van der Waals surface area contributed by atoms with E-state index in [0.29, 0.717) is 0 Å². The van der Waals surface area contributed by atoms with Crippen molar-refractivity contribution >= 4 is 11.1 Å². The van der Waals surface area contributed by atoms with Crippen molar-refractivity contribution in [3.8, 4) is 5.75 Å². The minimum Gasteiger partial charge on any atom is -0.496 e. The molecule has 1 nitrogen and oxygen atoms in total. The number of rotatable bonds is 4. The first kappa shape index (κ1) is 15.5. The van der Waals surface area contributed by atoms with E-state index >= 15 is 0 Å². The van der Waals surface area contributed by atoms with Crippen molar-refractivity contribution in [1.82, 2.24) is 0 Å². The van der Waals surface area contributed by atoms with Crippen LogP contribution in [0, 0.1) is 0 Å². The molecule has 0 unspecified atom stereocenters. The van der Waals surface area contributed by atoms with E-state index in [4.69, 9.17) is 4.74 Å². The Morgan fingerprint density at radius 3 is 1.60 bits per heavy atom. The summed E-state index contributed by atoms with van der Waals surface area (Å²) in [5.41, 5.74) is 6.25. The lowest BCUT2D eigenvalue weighted by Gasteiger charge is -2.11. The van der Waals surface area contributed by atoms with Gasteiger partial charge in [0.15, 0.2) is 0 Å². The van der Waals surface area contributed by atoms with Crippen LogP contribution in [0.1, 0.15) is 22.6 Å². The van der Waals surface area contributed by atoms with Gasteiger partial charge in [0, 0.05) is 11.5 Å². The quantitative estimate of drug-likeness (QED) is 0.575. The highest BCUT2D eigenvalue weighted by molar-refractivity contribution is 6.08. The summed E-state index contributed by atoms with van der Waals surface area (Å²) in [7, 11) is 1.73. The molecule has 1 aliphatic carbocycles. The average Bonchev–Trinajstić information content (AvgIpc) is 3.14. The van der Waals surface area contributed by atoms with E-state index in [1.54, 1.807) is 7.11 Å². The summed E-state index contributed by atoms with van der Waals surface area (Å²) in [6.07, 6.45) is 4.69. The Hall–Kier alpha value is -3.06. The third-order valence-electron chi connectivity index (χ3n) is 4.65. The summed E-state index contributed by atoms with van der Waals surface area (Å²) in [6.45, 7) is 0. The van der Waals surface area contributed by atoms with Crippen LogP contribution >= 0.6 is 0 Å². The van der Waals surface area contributed by atoms with Gasteiger partial charge in [-0.3, -0.25) is 0 Å². The maximum Gasteiger partial charge on any atom is 0.122 e. The fourth-order valence-corrected chi connectivity index (χ4v) is 3.45. The molecular formula is C24H20O. The van der Waals surface area contributed by atoms with Crippen molar-refractivity contribution < 1.29 is 4.74 Å². The predicted octanol–water partition coefficient (Wildman–Crippen LogP) is 5.96. The molecule has 0 aliphatic heterocycles. The standard InChI is InChI=1S/C24H20O/c1-25-24-15-9-8-14-21(24)20-16-22(18-10-4-2-5-11-18)23(17-20)19-12-6-3-7-13-19/h2-17,20H,1H3. The predicted molar refractivity (Wildman–Crippen MR) is 105 cm³/mol. The topological polar surface area (TPSA) is 9.23 Å². The SMILES string of the molecule is COc1ccccc1C1C=C(c2ccccc2)C(c2ccccc2)=C1. The molecule has 25 heavy (non-hydrogen) atoms. The number of para-hydroxylation sites is 1.